The van der Waals surface area contributed by atoms with Gasteiger partial charge in [0.25, 0.3) is 0 Å². The molecule has 1 aromatic rings. The Morgan fingerprint density at radius 3 is 2.67 bits per heavy atom. The van der Waals surface area contributed by atoms with Crippen molar-refractivity contribution in [2.45, 2.75) is 56.4 Å². The van der Waals surface area contributed by atoms with E-state index >= 15 is 0 Å². The number of nitrogens with zero attached hydrogens (tertiary/aromatic N) is 1. The fourth-order valence-electron chi connectivity index (χ4n) is 4.85. The average Bonchev–Trinajstić information content (AvgIpc) is 2.45. The lowest BCUT2D eigenvalue weighted by molar-refractivity contribution is -0.0128. The van der Waals surface area contributed by atoms with Crippen molar-refractivity contribution >= 4 is 0 Å². The molecule has 0 radical (unpaired) electrons. The van der Waals surface area contributed by atoms with E-state index in [9.17, 15) is 0 Å². The smallest absolute Gasteiger partial charge is 0.0532 e. The minimum absolute atomic E-state index is 0.454. The molecule has 0 bridgehead atoms. The number of rotatable bonds is 1. The van der Waals surface area contributed by atoms with Gasteiger partial charge in [0.1, 0.15) is 0 Å². The van der Waals surface area contributed by atoms with Crippen molar-refractivity contribution in [3.63, 3.8) is 0 Å². The lowest BCUT2D eigenvalue weighted by Gasteiger charge is -2.60. The number of hydrogen-bond donors (Lipinski definition) is 0. The topological polar surface area (TPSA) is 3.24 Å². The Morgan fingerprint density at radius 1 is 0.944 bits per heavy atom. The molecule has 0 amide bonds. The van der Waals surface area contributed by atoms with Gasteiger partial charge >= 0.3 is 0 Å². The fourth-order valence-corrected chi connectivity index (χ4v) is 4.85. The van der Waals surface area contributed by atoms with Crippen LogP contribution in [0.15, 0.2) is 24.3 Å². The highest BCUT2D eigenvalue weighted by Gasteiger charge is 2.55. The van der Waals surface area contributed by atoms with Gasteiger partial charge in [-0.15, -0.1) is 0 Å². The van der Waals surface area contributed by atoms with E-state index in [1.807, 2.05) is 0 Å². The molecule has 1 heteroatoms. The predicted octanol–water partition coefficient (Wildman–Crippen LogP) is 4.04. The molecule has 1 saturated carbocycles. The van der Waals surface area contributed by atoms with Crippen LogP contribution in [0.1, 0.15) is 62.0 Å². The first-order chi connectivity index (χ1) is 8.93. The number of fused-ring (bicyclic) bond motifs is 4. The summed E-state index contributed by atoms with van der Waals surface area (Å²) in [5.41, 5.74) is 3.80. The fraction of sp³-hybridized carbons (Fsp3) is 0.647. The first-order valence-corrected chi connectivity index (χ1v) is 7.77. The average molecular weight is 241 g/mol. The molecule has 0 N–H and O–H groups in total. The number of piperidine rings is 1. The summed E-state index contributed by atoms with van der Waals surface area (Å²) in [6.07, 6.45) is 9.98. The molecule has 2 aliphatic carbocycles. The van der Waals surface area contributed by atoms with Crippen molar-refractivity contribution in [2.24, 2.45) is 0 Å². The Balaban J connectivity index is 1.76. The second-order valence-electron chi connectivity index (χ2n) is 6.36. The van der Waals surface area contributed by atoms with Crippen LogP contribution in [0.25, 0.3) is 0 Å². The molecule has 1 heterocycles. The van der Waals surface area contributed by atoms with E-state index in [1.165, 1.54) is 58.0 Å². The molecule has 0 aromatic heterocycles. The van der Waals surface area contributed by atoms with Crippen molar-refractivity contribution in [3.8, 4) is 0 Å². The molecular weight excluding hydrogens is 218 g/mol. The molecule has 0 spiro atoms. The van der Waals surface area contributed by atoms with Gasteiger partial charge in [-0.3, -0.25) is 4.90 Å². The highest BCUT2D eigenvalue weighted by Crippen LogP contribution is 2.61. The molecule has 18 heavy (non-hydrogen) atoms. The van der Waals surface area contributed by atoms with Gasteiger partial charge in [-0.2, -0.15) is 0 Å². The molecule has 4 rings (SSSR count). The molecule has 2 atom stereocenters. The second-order valence-corrected chi connectivity index (χ2v) is 6.36. The van der Waals surface area contributed by atoms with E-state index in [0.29, 0.717) is 5.54 Å². The maximum atomic E-state index is 2.85. The van der Waals surface area contributed by atoms with Gasteiger partial charge in [0.05, 0.1) is 5.54 Å². The summed E-state index contributed by atoms with van der Waals surface area (Å²) in [6.45, 7) is 2.68. The SMILES string of the molecule is c1ccc2c(c1)[C@@H]1CCCC[C@]21N1CCCCC1. The Bertz CT molecular complexity index is 447. The maximum Gasteiger partial charge on any atom is 0.0532 e. The van der Waals surface area contributed by atoms with Crippen LogP contribution < -0.4 is 0 Å². The molecule has 96 valence electrons. The van der Waals surface area contributed by atoms with Crippen LogP contribution in [0.3, 0.4) is 0 Å². The van der Waals surface area contributed by atoms with Crippen LogP contribution in [0.2, 0.25) is 0 Å². The highest BCUT2D eigenvalue weighted by molar-refractivity contribution is 5.50. The van der Waals surface area contributed by atoms with Crippen molar-refractivity contribution < 1.29 is 0 Å². The molecule has 3 aliphatic rings. The lowest BCUT2D eigenvalue weighted by atomic mass is 9.54. The third-order valence-electron chi connectivity index (χ3n) is 5.60. The third kappa shape index (κ3) is 1.31. The van der Waals surface area contributed by atoms with Gasteiger partial charge < -0.3 is 0 Å². The molecule has 0 unspecified atom stereocenters. The molecule has 1 nitrogen and oxygen atoms in total. The molecule has 2 fully saturated rings. The largest absolute Gasteiger partial charge is 0.293 e. The van der Waals surface area contributed by atoms with E-state index in [-0.39, 0.29) is 0 Å². The monoisotopic (exact) mass is 241 g/mol. The Morgan fingerprint density at radius 2 is 1.78 bits per heavy atom. The van der Waals surface area contributed by atoms with Gasteiger partial charge in [-0.25, -0.2) is 0 Å². The first kappa shape index (κ1) is 11.0. The van der Waals surface area contributed by atoms with E-state index in [1.54, 1.807) is 11.1 Å². The summed E-state index contributed by atoms with van der Waals surface area (Å²) in [6, 6.07) is 9.27. The zero-order valence-corrected chi connectivity index (χ0v) is 11.2. The summed E-state index contributed by atoms with van der Waals surface area (Å²) in [4.78, 5) is 2.85. The zero-order valence-electron chi connectivity index (χ0n) is 11.2. The summed E-state index contributed by atoms with van der Waals surface area (Å²) in [5, 5.41) is 0. The highest BCUT2D eigenvalue weighted by atomic mass is 15.2. The quantitative estimate of drug-likeness (QED) is 0.717. The van der Waals surface area contributed by atoms with Gasteiger partial charge in [0, 0.05) is 5.92 Å². The minimum atomic E-state index is 0.454. The van der Waals surface area contributed by atoms with Crippen molar-refractivity contribution in [3.05, 3.63) is 35.4 Å². The summed E-state index contributed by atoms with van der Waals surface area (Å²) < 4.78 is 0. The van der Waals surface area contributed by atoms with Crippen LogP contribution in [0.4, 0.5) is 0 Å². The first-order valence-electron chi connectivity index (χ1n) is 7.77. The molecule has 1 aromatic carbocycles. The molecule has 1 aliphatic heterocycles. The molecular formula is C17H23N. The summed E-state index contributed by atoms with van der Waals surface area (Å²) in [7, 11) is 0. The van der Waals surface area contributed by atoms with Crippen molar-refractivity contribution in [1.82, 2.24) is 4.90 Å². The van der Waals surface area contributed by atoms with E-state index in [4.69, 9.17) is 0 Å². The van der Waals surface area contributed by atoms with Gasteiger partial charge in [0.2, 0.25) is 0 Å². The third-order valence-corrected chi connectivity index (χ3v) is 5.60. The van der Waals surface area contributed by atoms with Crippen LogP contribution >= 0.6 is 0 Å². The van der Waals surface area contributed by atoms with Crippen molar-refractivity contribution in [1.29, 1.82) is 0 Å². The number of hydrogen-bond acceptors (Lipinski definition) is 1. The van der Waals surface area contributed by atoms with E-state index in [0.717, 1.165) is 5.92 Å². The summed E-state index contributed by atoms with van der Waals surface area (Å²) >= 11 is 0. The van der Waals surface area contributed by atoms with Gasteiger partial charge in [-0.1, -0.05) is 43.5 Å². The minimum Gasteiger partial charge on any atom is -0.293 e. The van der Waals surface area contributed by atoms with Crippen molar-refractivity contribution in [2.75, 3.05) is 13.1 Å². The maximum absolute atomic E-state index is 2.85. The predicted molar refractivity (Wildman–Crippen MR) is 74.8 cm³/mol. The number of benzene rings is 1. The lowest BCUT2D eigenvalue weighted by Crippen LogP contribution is -2.59. The molecule has 1 saturated heterocycles. The zero-order chi connectivity index (χ0) is 12.0. The van der Waals surface area contributed by atoms with Gasteiger partial charge in [-0.05, 0) is 49.9 Å². The number of likely N-dealkylation sites (tertiary alicyclic amines) is 1. The van der Waals surface area contributed by atoms with Gasteiger partial charge in [0.15, 0.2) is 0 Å². The standard InChI is InChI=1S/C17H23N/c1-6-12-18(13-7-1)17-11-5-4-10-16(17)14-8-2-3-9-15(14)17/h2-3,8-9,16H,1,4-7,10-13H2/t16-,17-/m0/s1. The van der Waals surface area contributed by atoms with E-state index in [2.05, 4.69) is 29.2 Å². The van der Waals surface area contributed by atoms with Crippen LogP contribution in [-0.4, -0.2) is 18.0 Å². The Kier molecular flexibility index (Phi) is 2.51. The Hall–Kier alpha value is -0.820. The normalized spacial score (nSPS) is 35.4. The van der Waals surface area contributed by atoms with E-state index < -0.39 is 0 Å². The Labute approximate surface area is 110 Å². The second kappa shape index (κ2) is 4.09. The van der Waals surface area contributed by atoms with Crippen LogP contribution in [0, 0.1) is 0 Å². The van der Waals surface area contributed by atoms with Crippen LogP contribution in [-0.2, 0) is 5.54 Å². The summed E-state index contributed by atoms with van der Waals surface area (Å²) in [5.74, 6) is 0.848. The van der Waals surface area contributed by atoms with Crippen LogP contribution in [0.5, 0.6) is 0 Å².